The Morgan fingerprint density at radius 3 is 3.00 bits per heavy atom. The molecule has 0 amide bonds. The highest BCUT2D eigenvalue weighted by molar-refractivity contribution is 7.91. The van der Waals surface area contributed by atoms with Crippen molar-refractivity contribution in [1.82, 2.24) is 9.38 Å². The fraction of sp³-hybridized carbons (Fsp3) is 0.364. The molecule has 3 rings (SSSR count). The molecule has 2 aromatic heterocycles. The lowest BCUT2D eigenvalue weighted by Crippen LogP contribution is -2.11. The van der Waals surface area contributed by atoms with Gasteiger partial charge in [0.05, 0.1) is 17.5 Å². The summed E-state index contributed by atoms with van der Waals surface area (Å²) in [6.07, 6.45) is 4.56. The minimum Gasteiger partial charge on any atom is -0.508 e. The first-order chi connectivity index (χ1) is 8.08. The maximum atomic E-state index is 11.9. The van der Waals surface area contributed by atoms with E-state index in [1.54, 1.807) is 22.9 Å². The third-order valence-corrected chi connectivity index (χ3v) is 5.33. The van der Waals surface area contributed by atoms with E-state index < -0.39 is 15.1 Å². The molecule has 1 N–H and O–H groups in total. The second kappa shape index (κ2) is 3.46. The summed E-state index contributed by atoms with van der Waals surface area (Å²) < 4.78 is 25.5. The van der Waals surface area contributed by atoms with Gasteiger partial charge in [-0.05, 0) is 18.9 Å². The van der Waals surface area contributed by atoms with Gasteiger partial charge in [-0.1, -0.05) is 0 Å². The summed E-state index contributed by atoms with van der Waals surface area (Å²) in [6.45, 7) is 0. The molecule has 0 aliphatic carbocycles. The van der Waals surface area contributed by atoms with Crippen LogP contribution in [0.25, 0.3) is 5.52 Å². The average molecular weight is 252 g/mol. The molecule has 0 bridgehead atoms. The standard InChI is InChI=1S/C11H12N2O3S/c14-9-3-4-13-8(6-9)7-12-11(13)10-2-1-5-17(10,15)16/h3-4,6-7,10,14H,1-2,5H2. The fourth-order valence-corrected chi connectivity index (χ4v) is 4.20. The summed E-state index contributed by atoms with van der Waals surface area (Å²) in [5.41, 5.74) is 0.710. The highest BCUT2D eigenvalue weighted by atomic mass is 32.2. The van der Waals surface area contributed by atoms with Gasteiger partial charge in [-0.25, -0.2) is 13.4 Å². The molecular formula is C11H12N2O3S. The van der Waals surface area contributed by atoms with E-state index in [-0.39, 0.29) is 11.5 Å². The molecule has 1 unspecified atom stereocenters. The van der Waals surface area contributed by atoms with Crippen LogP contribution >= 0.6 is 0 Å². The van der Waals surface area contributed by atoms with Crippen LogP contribution in [0.15, 0.2) is 24.5 Å². The van der Waals surface area contributed by atoms with Gasteiger partial charge < -0.3 is 9.51 Å². The van der Waals surface area contributed by atoms with Crippen LogP contribution in [0.4, 0.5) is 0 Å². The molecule has 17 heavy (non-hydrogen) atoms. The van der Waals surface area contributed by atoms with Gasteiger partial charge in [0.15, 0.2) is 9.84 Å². The zero-order valence-corrected chi connectivity index (χ0v) is 9.89. The SMILES string of the molecule is O=S1(=O)CCCC1c1ncc2cc(O)ccn12. The van der Waals surface area contributed by atoms with Gasteiger partial charge in [-0.2, -0.15) is 0 Å². The van der Waals surface area contributed by atoms with Gasteiger partial charge in [-0.3, -0.25) is 0 Å². The van der Waals surface area contributed by atoms with Crippen molar-refractivity contribution in [2.24, 2.45) is 0 Å². The molecular weight excluding hydrogens is 240 g/mol. The van der Waals surface area contributed by atoms with E-state index in [0.717, 1.165) is 0 Å². The molecule has 1 atom stereocenters. The Kier molecular flexibility index (Phi) is 2.16. The van der Waals surface area contributed by atoms with E-state index >= 15 is 0 Å². The van der Waals surface area contributed by atoms with Gasteiger partial charge in [0.2, 0.25) is 0 Å². The Bertz CT molecular complexity index is 675. The topological polar surface area (TPSA) is 71.7 Å². The maximum absolute atomic E-state index is 11.9. The van der Waals surface area contributed by atoms with Crippen LogP contribution in [0.5, 0.6) is 5.75 Å². The van der Waals surface area contributed by atoms with Crippen molar-refractivity contribution >= 4 is 15.4 Å². The normalized spacial score (nSPS) is 23.2. The molecule has 90 valence electrons. The predicted molar refractivity (Wildman–Crippen MR) is 62.6 cm³/mol. The number of sulfone groups is 1. The number of pyridine rings is 1. The minimum atomic E-state index is -3.06. The number of imidazole rings is 1. The highest BCUT2D eigenvalue weighted by Crippen LogP contribution is 2.34. The number of hydrogen-bond donors (Lipinski definition) is 1. The molecule has 6 heteroatoms. The van der Waals surface area contributed by atoms with Crippen LogP contribution < -0.4 is 0 Å². The predicted octanol–water partition coefficient (Wildman–Crippen LogP) is 1.29. The fourth-order valence-electron chi connectivity index (χ4n) is 2.33. The second-order valence-electron chi connectivity index (χ2n) is 4.29. The average Bonchev–Trinajstić information content (AvgIpc) is 2.80. The van der Waals surface area contributed by atoms with Crippen molar-refractivity contribution in [3.8, 4) is 5.75 Å². The van der Waals surface area contributed by atoms with Crippen molar-refractivity contribution in [2.75, 3.05) is 5.75 Å². The summed E-state index contributed by atoms with van der Waals surface area (Å²) in [6, 6.07) is 3.10. The quantitative estimate of drug-likeness (QED) is 0.830. The molecule has 3 heterocycles. The van der Waals surface area contributed by atoms with Crippen LogP contribution in [0, 0.1) is 0 Å². The zero-order chi connectivity index (χ0) is 12.0. The van der Waals surface area contributed by atoms with Gasteiger partial charge in [0.25, 0.3) is 0 Å². The first-order valence-electron chi connectivity index (χ1n) is 5.45. The van der Waals surface area contributed by atoms with Crippen molar-refractivity contribution in [3.63, 3.8) is 0 Å². The van der Waals surface area contributed by atoms with E-state index in [9.17, 15) is 13.5 Å². The summed E-state index contributed by atoms with van der Waals surface area (Å²) in [5, 5.41) is 8.84. The molecule has 1 aliphatic heterocycles. The molecule has 5 nitrogen and oxygen atoms in total. The Morgan fingerprint density at radius 2 is 2.29 bits per heavy atom. The maximum Gasteiger partial charge on any atom is 0.160 e. The number of fused-ring (bicyclic) bond motifs is 1. The van der Waals surface area contributed by atoms with Crippen LogP contribution in [-0.4, -0.2) is 28.7 Å². The summed E-state index contributed by atoms with van der Waals surface area (Å²) in [5.74, 6) is 0.945. The third kappa shape index (κ3) is 1.59. The number of nitrogens with zero attached hydrogens (tertiary/aromatic N) is 2. The van der Waals surface area contributed by atoms with Crippen LogP contribution in [0.1, 0.15) is 23.9 Å². The molecule has 0 saturated carbocycles. The monoisotopic (exact) mass is 252 g/mol. The number of aromatic nitrogens is 2. The van der Waals surface area contributed by atoms with Gasteiger partial charge in [0.1, 0.15) is 16.8 Å². The molecule has 1 aliphatic rings. The smallest absolute Gasteiger partial charge is 0.160 e. The Balaban J connectivity index is 2.19. The highest BCUT2D eigenvalue weighted by Gasteiger charge is 2.35. The summed E-state index contributed by atoms with van der Waals surface area (Å²) in [4.78, 5) is 4.19. The van der Waals surface area contributed by atoms with E-state index in [0.29, 0.717) is 24.2 Å². The molecule has 0 radical (unpaired) electrons. The molecule has 1 fully saturated rings. The summed E-state index contributed by atoms with van der Waals surface area (Å²) in [7, 11) is -3.06. The van der Waals surface area contributed by atoms with Crippen molar-refractivity contribution < 1.29 is 13.5 Å². The molecule has 1 saturated heterocycles. The van der Waals surface area contributed by atoms with Crippen molar-refractivity contribution in [3.05, 3.63) is 30.4 Å². The molecule has 0 spiro atoms. The van der Waals surface area contributed by atoms with Crippen LogP contribution in [0.2, 0.25) is 0 Å². The van der Waals surface area contributed by atoms with E-state index in [1.807, 2.05) is 0 Å². The minimum absolute atomic E-state index is 0.151. The first kappa shape index (κ1) is 10.6. The lowest BCUT2D eigenvalue weighted by atomic mass is 10.2. The van der Waals surface area contributed by atoms with Crippen molar-refractivity contribution in [2.45, 2.75) is 18.1 Å². The summed E-state index contributed by atoms with van der Waals surface area (Å²) >= 11 is 0. The van der Waals surface area contributed by atoms with Gasteiger partial charge in [0, 0.05) is 12.3 Å². The third-order valence-electron chi connectivity index (χ3n) is 3.16. The van der Waals surface area contributed by atoms with E-state index in [2.05, 4.69) is 4.98 Å². The second-order valence-corrected chi connectivity index (χ2v) is 6.60. The van der Waals surface area contributed by atoms with Crippen LogP contribution in [-0.2, 0) is 9.84 Å². The van der Waals surface area contributed by atoms with Crippen LogP contribution in [0.3, 0.4) is 0 Å². The lowest BCUT2D eigenvalue weighted by Gasteiger charge is -2.08. The lowest BCUT2D eigenvalue weighted by molar-refractivity contribution is 0.475. The number of hydrogen-bond acceptors (Lipinski definition) is 4. The zero-order valence-electron chi connectivity index (χ0n) is 9.07. The molecule has 0 aromatic carbocycles. The largest absolute Gasteiger partial charge is 0.508 e. The van der Waals surface area contributed by atoms with Crippen molar-refractivity contribution in [1.29, 1.82) is 0 Å². The van der Waals surface area contributed by atoms with E-state index in [4.69, 9.17) is 0 Å². The van der Waals surface area contributed by atoms with Gasteiger partial charge in [-0.15, -0.1) is 0 Å². The molecule has 2 aromatic rings. The number of rotatable bonds is 1. The Labute approximate surface area is 98.6 Å². The Hall–Kier alpha value is -1.56. The first-order valence-corrected chi connectivity index (χ1v) is 7.17. The van der Waals surface area contributed by atoms with Gasteiger partial charge >= 0.3 is 0 Å². The Morgan fingerprint density at radius 1 is 1.47 bits per heavy atom. The van der Waals surface area contributed by atoms with E-state index in [1.165, 1.54) is 6.07 Å². The number of aromatic hydroxyl groups is 1.